The van der Waals surface area contributed by atoms with E-state index in [0.717, 1.165) is 0 Å². The fourth-order valence-corrected chi connectivity index (χ4v) is 0.842. The van der Waals surface area contributed by atoms with Gasteiger partial charge in [-0.25, -0.2) is 0 Å². The summed E-state index contributed by atoms with van der Waals surface area (Å²) in [5.74, 6) is -0.132. The highest BCUT2D eigenvalue weighted by molar-refractivity contribution is 7.85. The van der Waals surface area contributed by atoms with Gasteiger partial charge in [-0.05, 0) is 6.42 Å². The quantitative estimate of drug-likeness (QED) is 0.545. The lowest BCUT2D eigenvalue weighted by Gasteiger charge is -1.85. The van der Waals surface area contributed by atoms with E-state index in [2.05, 4.69) is 17.9 Å². The molecule has 0 unspecified atom stereocenters. The second-order valence-electron chi connectivity index (χ2n) is 1.76. The van der Waals surface area contributed by atoms with Crippen LogP contribution in [0.25, 0.3) is 0 Å². The third-order valence-corrected chi connectivity index (χ3v) is 1.58. The Hall–Kier alpha value is -0.810. The Balaban J connectivity index is 0. The van der Waals surface area contributed by atoms with Gasteiger partial charge in [-0.15, -0.1) is 0 Å². The van der Waals surface area contributed by atoms with E-state index >= 15 is 0 Å². The molecule has 0 saturated carbocycles. The smallest absolute Gasteiger partial charge is 0.264 e. The minimum Gasteiger partial charge on any atom is -0.474 e. The lowest BCUT2D eigenvalue weighted by atomic mass is 10.6. The van der Waals surface area contributed by atoms with Crippen LogP contribution in [0.2, 0.25) is 0 Å². The van der Waals surface area contributed by atoms with Crippen LogP contribution in [-0.2, 0) is 14.9 Å². The van der Waals surface area contributed by atoms with Crippen LogP contribution in [0, 0.1) is 0 Å². The van der Waals surface area contributed by atoms with Gasteiger partial charge in [0.2, 0.25) is 0 Å². The molecular formula is C7H14O4S. The molecule has 12 heavy (non-hydrogen) atoms. The summed E-state index contributed by atoms with van der Waals surface area (Å²) in [6.07, 6.45) is 3.10. The summed E-state index contributed by atoms with van der Waals surface area (Å²) >= 11 is 0. The molecule has 0 saturated heterocycles. The Labute approximate surface area is 73.3 Å². The molecule has 0 aliphatic carbocycles. The molecule has 0 aromatic carbocycles. The number of ether oxygens (including phenoxy) is 1. The van der Waals surface area contributed by atoms with E-state index in [0.29, 0.717) is 6.42 Å². The lowest BCUT2D eigenvalue weighted by molar-refractivity contribution is 0.406. The largest absolute Gasteiger partial charge is 0.474 e. The zero-order valence-corrected chi connectivity index (χ0v) is 7.88. The third-order valence-electron chi connectivity index (χ3n) is 0.655. The van der Waals surface area contributed by atoms with Crippen LogP contribution in [0.4, 0.5) is 0 Å². The van der Waals surface area contributed by atoms with Gasteiger partial charge >= 0.3 is 0 Å². The fraction of sp³-hybridized carbons (Fsp3) is 0.429. The van der Waals surface area contributed by atoms with Crippen LogP contribution in [0.5, 0.6) is 0 Å². The normalized spacial score (nSPS) is 9.17. The average Bonchev–Trinajstić information content (AvgIpc) is 1.87. The lowest BCUT2D eigenvalue weighted by Crippen LogP contribution is -2.01. The highest BCUT2D eigenvalue weighted by Gasteiger charge is 1.98. The highest BCUT2D eigenvalue weighted by atomic mass is 32.2. The third kappa shape index (κ3) is 22.9. The van der Waals surface area contributed by atoms with Crippen molar-refractivity contribution < 1.29 is 17.7 Å². The molecule has 72 valence electrons. The van der Waals surface area contributed by atoms with E-state index < -0.39 is 10.1 Å². The molecule has 0 spiro atoms. The van der Waals surface area contributed by atoms with Crippen molar-refractivity contribution in [1.82, 2.24) is 0 Å². The second-order valence-corrected chi connectivity index (χ2v) is 3.33. The summed E-state index contributed by atoms with van der Waals surface area (Å²) in [6.45, 7) is 8.20. The molecule has 0 atom stereocenters. The van der Waals surface area contributed by atoms with Crippen LogP contribution in [-0.4, -0.2) is 18.7 Å². The van der Waals surface area contributed by atoms with Gasteiger partial charge in [0, 0.05) is 0 Å². The van der Waals surface area contributed by atoms with Gasteiger partial charge in [-0.2, -0.15) is 8.42 Å². The second kappa shape index (κ2) is 8.29. The minimum atomic E-state index is -3.67. The molecular weight excluding hydrogens is 180 g/mol. The van der Waals surface area contributed by atoms with Gasteiger partial charge in [0.15, 0.2) is 0 Å². The molecule has 0 fully saturated rings. The Morgan fingerprint density at radius 1 is 1.42 bits per heavy atom. The van der Waals surface area contributed by atoms with Crippen LogP contribution in [0.15, 0.2) is 25.7 Å². The summed E-state index contributed by atoms with van der Waals surface area (Å²) in [5.41, 5.74) is 0. The minimum absolute atomic E-state index is 0.132. The maximum atomic E-state index is 9.79. The van der Waals surface area contributed by atoms with Gasteiger partial charge in [0.05, 0.1) is 18.3 Å². The monoisotopic (exact) mass is 194 g/mol. The van der Waals surface area contributed by atoms with Crippen molar-refractivity contribution in [2.24, 2.45) is 0 Å². The Morgan fingerprint density at radius 2 is 1.83 bits per heavy atom. The standard InChI is InChI=1S/C4H6O.C3H8O3S/c1-3-5-4-2;1-2-3-7(4,5)6/h3-4H,1-2H2;2-3H2,1H3,(H,4,5,6). The van der Waals surface area contributed by atoms with Crippen LogP contribution < -0.4 is 0 Å². The van der Waals surface area contributed by atoms with Gasteiger partial charge in [-0.1, -0.05) is 20.1 Å². The Kier molecular flexibility index (Phi) is 9.50. The molecule has 0 bridgehead atoms. The summed E-state index contributed by atoms with van der Waals surface area (Å²) in [7, 11) is -3.67. The van der Waals surface area contributed by atoms with Crippen molar-refractivity contribution in [2.75, 3.05) is 5.75 Å². The first-order valence-corrected chi connectivity index (χ1v) is 4.91. The molecule has 0 amide bonds. The van der Waals surface area contributed by atoms with Gasteiger partial charge < -0.3 is 4.74 Å². The summed E-state index contributed by atoms with van der Waals surface area (Å²) in [5, 5.41) is 0. The van der Waals surface area contributed by atoms with Crippen molar-refractivity contribution in [1.29, 1.82) is 0 Å². The average molecular weight is 194 g/mol. The molecule has 0 rings (SSSR count). The van der Waals surface area contributed by atoms with Crippen molar-refractivity contribution in [3.05, 3.63) is 25.7 Å². The van der Waals surface area contributed by atoms with E-state index in [4.69, 9.17) is 4.55 Å². The van der Waals surface area contributed by atoms with E-state index in [1.807, 2.05) is 0 Å². The zero-order chi connectivity index (χ0) is 10.0. The van der Waals surface area contributed by atoms with Crippen molar-refractivity contribution in [2.45, 2.75) is 13.3 Å². The maximum Gasteiger partial charge on any atom is 0.264 e. The predicted molar refractivity (Wildman–Crippen MR) is 48.2 cm³/mol. The summed E-state index contributed by atoms with van der Waals surface area (Å²) < 4.78 is 31.9. The summed E-state index contributed by atoms with van der Waals surface area (Å²) in [6, 6.07) is 0. The van der Waals surface area contributed by atoms with Crippen molar-refractivity contribution >= 4 is 10.1 Å². The van der Waals surface area contributed by atoms with Gasteiger partial charge in [0.1, 0.15) is 0 Å². The van der Waals surface area contributed by atoms with Crippen LogP contribution in [0.3, 0.4) is 0 Å². The van der Waals surface area contributed by atoms with Gasteiger partial charge in [0.25, 0.3) is 10.1 Å². The first kappa shape index (κ1) is 13.8. The number of hydrogen-bond acceptors (Lipinski definition) is 3. The topological polar surface area (TPSA) is 63.6 Å². The van der Waals surface area contributed by atoms with Crippen molar-refractivity contribution in [3.8, 4) is 0 Å². The molecule has 5 heteroatoms. The Morgan fingerprint density at radius 3 is 1.83 bits per heavy atom. The first-order chi connectivity index (χ1) is 5.47. The highest BCUT2D eigenvalue weighted by Crippen LogP contribution is 1.83. The molecule has 1 N–H and O–H groups in total. The molecule has 0 aromatic rings. The molecule has 0 aliphatic heterocycles. The number of rotatable bonds is 4. The molecule has 0 heterocycles. The maximum absolute atomic E-state index is 9.79. The molecule has 4 nitrogen and oxygen atoms in total. The number of hydrogen-bond donors (Lipinski definition) is 1. The van der Waals surface area contributed by atoms with E-state index in [1.165, 1.54) is 12.5 Å². The molecule has 0 aromatic heterocycles. The first-order valence-electron chi connectivity index (χ1n) is 3.30. The van der Waals surface area contributed by atoms with E-state index in [1.54, 1.807) is 6.92 Å². The molecule has 0 radical (unpaired) electrons. The zero-order valence-electron chi connectivity index (χ0n) is 7.06. The van der Waals surface area contributed by atoms with Crippen molar-refractivity contribution in [3.63, 3.8) is 0 Å². The van der Waals surface area contributed by atoms with Gasteiger partial charge in [-0.3, -0.25) is 4.55 Å². The van der Waals surface area contributed by atoms with Crippen LogP contribution in [0.1, 0.15) is 13.3 Å². The summed E-state index contributed by atoms with van der Waals surface area (Å²) in [4.78, 5) is 0. The van der Waals surface area contributed by atoms with E-state index in [9.17, 15) is 8.42 Å². The van der Waals surface area contributed by atoms with Crippen LogP contribution >= 0.6 is 0 Å². The fourth-order valence-electron chi connectivity index (χ4n) is 0.326. The SMILES string of the molecule is C=COC=C.CCCS(=O)(=O)O. The predicted octanol–water partition coefficient (Wildman–Crippen LogP) is 1.57. The molecule has 0 aliphatic rings. The van der Waals surface area contributed by atoms with E-state index in [-0.39, 0.29) is 5.75 Å². The Bertz CT molecular complexity index is 199.